The summed E-state index contributed by atoms with van der Waals surface area (Å²) in [6.07, 6.45) is -0.230. The van der Waals surface area contributed by atoms with E-state index in [0.29, 0.717) is 12.2 Å². The zero-order chi connectivity index (χ0) is 13.3. The molecule has 1 aliphatic rings. The molecule has 1 aromatic rings. The highest BCUT2D eigenvalue weighted by Crippen LogP contribution is 2.26. The van der Waals surface area contributed by atoms with Gasteiger partial charge >= 0.3 is 5.97 Å². The Morgan fingerprint density at radius 1 is 1.61 bits per heavy atom. The van der Waals surface area contributed by atoms with E-state index in [2.05, 4.69) is 5.32 Å². The molecule has 6 heteroatoms. The molecule has 0 spiro atoms. The van der Waals surface area contributed by atoms with Crippen molar-refractivity contribution in [3.63, 3.8) is 0 Å². The molecule has 6 nitrogen and oxygen atoms in total. The fourth-order valence-electron chi connectivity index (χ4n) is 2.13. The molecule has 0 aliphatic carbocycles. The Morgan fingerprint density at radius 3 is 3.00 bits per heavy atom. The van der Waals surface area contributed by atoms with Gasteiger partial charge in [0.1, 0.15) is 6.04 Å². The number of rotatable bonds is 2. The minimum atomic E-state index is -0.999. The standard InChI is InChI=1S/C12H15N3O3/c1-15-9-3-2-8(13)4-7(9)6-14-12(18)10(15)5-11(16)17/h2-4,10H,5-6,13H2,1H3,(H,14,18)(H,16,17). The number of hydrogen-bond acceptors (Lipinski definition) is 4. The number of amides is 1. The molecule has 1 aliphatic heterocycles. The number of carbonyl (C=O) groups is 2. The van der Waals surface area contributed by atoms with Crippen molar-refractivity contribution in [3.8, 4) is 0 Å². The van der Waals surface area contributed by atoms with Crippen molar-refractivity contribution in [1.29, 1.82) is 0 Å². The molecule has 18 heavy (non-hydrogen) atoms. The second kappa shape index (κ2) is 4.56. The van der Waals surface area contributed by atoms with Crippen LogP contribution in [0.15, 0.2) is 18.2 Å². The Bertz CT molecular complexity index is 501. The number of likely N-dealkylation sites (N-methyl/N-ethyl adjacent to an activating group) is 1. The molecular weight excluding hydrogens is 234 g/mol. The number of nitrogens with one attached hydrogen (secondary N) is 1. The topological polar surface area (TPSA) is 95.7 Å². The third-order valence-corrected chi connectivity index (χ3v) is 3.07. The number of carboxylic acids is 1. The second-order valence-corrected chi connectivity index (χ2v) is 4.33. The van der Waals surface area contributed by atoms with Crippen molar-refractivity contribution in [1.82, 2.24) is 5.32 Å². The summed E-state index contributed by atoms with van der Waals surface area (Å²) < 4.78 is 0. The van der Waals surface area contributed by atoms with Gasteiger partial charge in [0.15, 0.2) is 0 Å². The molecule has 1 atom stereocenters. The van der Waals surface area contributed by atoms with Gasteiger partial charge in [0.25, 0.3) is 0 Å². The predicted octanol–water partition coefficient (Wildman–Crippen LogP) is 0.178. The molecule has 2 rings (SSSR count). The summed E-state index contributed by atoms with van der Waals surface area (Å²) in [5.74, 6) is -1.28. The van der Waals surface area contributed by atoms with Gasteiger partial charge < -0.3 is 21.1 Å². The first kappa shape index (κ1) is 12.2. The van der Waals surface area contributed by atoms with Gasteiger partial charge in [-0.3, -0.25) is 9.59 Å². The first-order valence-corrected chi connectivity index (χ1v) is 5.60. The number of carboxylic acid groups (broad SMARTS) is 1. The van der Waals surface area contributed by atoms with Crippen LogP contribution in [-0.2, 0) is 16.1 Å². The van der Waals surface area contributed by atoms with E-state index in [-0.39, 0.29) is 12.3 Å². The molecule has 96 valence electrons. The van der Waals surface area contributed by atoms with Gasteiger partial charge in [0.05, 0.1) is 6.42 Å². The SMILES string of the molecule is CN1c2ccc(N)cc2CNC(=O)C1CC(=O)O. The van der Waals surface area contributed by atoms with E-state index in [9.17, 15) is 9.59 Å². The molecule has 1 aromatic carbocycles. The lowest BCUT2D eigenvalue weighted by Crippen LogP contribution is -2.44. The van der Waals surface area contributed by atoms with Crippen molar-refractivity contribution in [3.05, 3.63) is 23.8 Å². The molecule has 0 bridgehead atoms. The summed E-state index contributed by atoms with van der Waals surface area (Å²) in [6, 6.07) is 4.63. The van der Waals surface area contributed by atoms with E-state index in [4.69, 9.17) is 10.8 Å². The molecule has 0 saturated carbocycles. The fourth-order valence-corrected chi connectivity index (χ4v) is 2.13. The van der Waals surface area contributed by atoms with Gasteiger partial charge in [-0.15, -0.1) is 0 Å². The first-order chi connectivity index (χ1) is 8.49. The van der Waals surface area contributed by atoms with Gasteiger partial charge in [-0.2, -0.15) is 0 Å². The number of nitrogens with zero attached hydrogens (tertiary/aromatic N) is 1. The molecule has 1 amide bonds. The van der Waals surface area contributed by atoms with Crippen LogP contribution in [0.25, 0.3) is 0 Å². The quantitative estimate of drug-likeness (QED) is 0.650. The maximum Gasteiger partial charge on any atom is 0.305 e. The van der Waals surface area contributed by atoms with Crippen molar-refractivity contribution in [2.75, 3.05) is 17.7 Å². The number of nitrogen functional groups attached to an aromatic ring is 1. The molecule has 0 fully saturated rings. The van der Waals surface area contributed by atoms with Crippen LogP contribution in [0.5, 0.6) is 0 Å². The summed E-state index contributed by atoms with van der Waals surface area (Å²) in [4.78, 5) is 24.4. The molecule has 1 unspecified atom stereocenters. The molecule has 4 N–H and O–H groups in total. The van der Waals surface area contributed by atoms with Gasteiger partial charge in [-0.1, -0.05) is 0 Å². The van der Waals surface area contributed by atoms with Crippen LogP contribution in [-0.4, -0.2) is 30.1 Å². The van der Waals surface area contributed by atoms with Crippen LogP contribution in [0.2, 0.25) is 0 Å². The van der Waals surface area contributed by atoms with Crippen molar-refractivity contribution in [2.45, 2.75) is 19.0 Å². The van der Waals surface area contributed by atoms with Gasteiger partial charge in [0.2, 0.25) is 5.91 Å². The normalized spacial score (nSPS) is 18.8. The molecule has 0 saturated heterocycles. The zero-order valence-electron chi connectivity index (χ0n) is 10.0. The highest BCUT2D eigenvalue weighted by atomic mass is 16.4. The lowest BCUT2D eigenvalue weighted by atomic mass is 10.1. The number of aliphatic carboxylic acids is 1. The molecule has 1 heterocycles. The summed E-state index contributed by atoms with van der Waals surface area (Å²) in [5, 5.41) is 11.6. The summed E-state index contributed by atoms with van der Waals surface area (Å²) in [7, 11) is 1.72. The smallest absolute Gasteiger partial charge is 0.305 e. The second-order valence-electron chi connectivity index (χ2n) is 4.33. The maximum absolute atomic E-state index is 11.9. The van der Waals surface area contributed by atoms with E-state index in [0.717, 1.165) is 11.3 Å². The lowest BCUT2D eigenvalue weighted by molar-refractivity contribution is -0.139. The lowest BCUT2D eigenvalue weighted by Gasteiger charge is -2.26. The van der Waals surface area contributed by atoms with Crippen molar-refractivity contribution in [2.24, 2.45) is 0 Å². The Hall–Kier alpha value is -2.24. The fraction of sp³-hybridized carbons (Fsp3) is 0.333. The van der Waals surface area contributed by atoms with Crippen LogP contribution >= 0.6 is 0 Å². The Morgan fingerprint density at radius 2 is 2.33 bits per heavy atom. The van der Waals surface area contributed by atoms with Crippen molar-refractivity contribution >= 4 is 23.3 Å². The molecule has 0 radical (unpaired) electrons. The minimum Gasteiger partial charge on any atom is -0.481 e. The third kappa shape index (κ3) is 2.22. The average Bonchev–Trinajstić information content (AvgIpc) is 2.41. The number of fused-ring (bicyclic) bond motifs is 1. The zero-order valence-corrected chi connectivity index (χ0v) is 10.0. The van der Waals surface area contributed by atoms with Crippen LogP contribution < -0.4 is 16.0 Å². The van der Waals surface area contributed by atoms with Crippen LogP contribution in [0, 0.1) is 0 Å². The maximum atomic E-state index is 11.9. The molecule has 0 aromatic heterocycles. The van der Waals surface area contributed by atoms with Crippen LogP contribution in [0.1, 0.15) is 12.0 Å². The van der Waals surface area contributed by atoms with E-state index < -0.39 is 12.0 Å². The summed E-state index contributed by atoms with van der Waals surface area (Å²) in [6.45, 7) is 0.361. The van der Waals surface area contributed by atoms with E-state index in [1.165, 1.54) is 0 Å². The largest absolute Gasteiger partial charge is 0.481 e. The average molecular weight is 249 g/mol. The van der Waals surface area contributed by atoms with E-state index in [1.807, 2.05) is 0 Å². The van der Waals surface area contributed by atoms with E-state index in [1.54, 1.807) is 30.1 Å². The van der Waals surface area contributed by atoms with Crippen molar-refractivity contribution < 1.29 is 14.7 Å². The number of hydrogen-bond donors (Lipinski definition) is 3. The van der Waals surface area contributed by atoms with Gasteiger partial charge in [-0.05, 0) is 23.8 Å². The van der Waals surface area contributed by atoms with Gasteiger partial charge in [-0.25, -0.2) is 0 Å². The number of anilines is 2. The highest BCUT2D eigenvalue weighted by Gasteiger charge is 2.29. The monoisotopic (exact) mass is 249 g/mol. The van der Waals surface area contributed by atoms with Gasteiger partial charge in [0, 0.05) is 25.0 Å². The van der Waals surface area contributed by atoms with Crippen LogP contribution in [0.4, 0.5) is 11.4 Å². The van der Waals surface area contributed by atoms with E-state index >= 15 is 0 Å². The minimum absolute atomic E-state index is 0.230. The molecular formula is C12H15N3O3. The summed E-state index contributed by atoms with van der Waals surface area (Å²) >= 11 is 0. The Kier molecular flexibility index (Phi) is 3.10. The highest BCUT2D eigenvalue weighted by molar-refractivity contribution is 5.90. The number of nitrogens with two attached hydrogens (primary N) is 1. The number of benzene rings is 1. The Balaban J connectivity index is 2.39. The third-order valence-electron chi connectivity index (χ3n) is 3.07. The first-order valence-electron chi connectivity index (χ1n) is 5.60. The number of carbonyl (C=O) groups excluding carboxylic acids is 1. The summed E-state index contributed by atoms with van der Waals surface area (Å²) in [5.41, 5.74) is 8.04. The predicted molar refractivity (Wildman–Crippen MR) is 67.1 cm³/mol. The van der Waals surface area contributed by atoms with Crippen LogP contribution in [0.3, 0.4) is 0 Å². The Labute approximate surface area is 104 Å².